The summed E-state index contributed by atoms with van der Waals surface area (Å²) in [6.07, 6.45) is 5.00. The topological polar surface area (TPSA) is 63.2 Å². The van der Waals surface area contributed by atoms with Gasteiger partial charge in [0.05, 0.1) is 16.3 Å². The summed E-state index contributed by atoms with van der Waals surface area (Å²) in [5.74, 6) is -0.295. The van der Waals surface area contributed by atoms with Crippen molar-refractivity contribution in [2.75, 3.05) is 5.32 Å². The van der Waals surface area contributed by atoms with Crippen molar-refractivity contribution in [1.82, 2.24) is 0 Å². The Kier molecular flexibility index (Phi) is 6.78. The number of hydrogen-bond acceptors (Lipinski definition) is 4. The predicted molar refractivity (Wildman–Crippen MR) is 126 cm³/mol. The van der Waals surface area contributed by atoms with E-state index in [0.717, 1.165) is 10.6 Å². The molecule has 3 aromatic carbocycles. The molecule has 0 radical (unpaired) electrons. The van der Waals surface area contributed by atoms with E-state index in [0.29, 0.717) is 21.3 Å². The Balaban J connectivity index is 1.43. The van der Waals surface area contributed by atoms with Crippen LogP contribution in [0.2, 0.25) is 0 Å². The van der Waals surface area contributed by atoms with Crippen LogP contribution in [-0.4, -0.2) is 19.6 Å². The molecule has 1 amide bonds. The number of amides is 1. The normalized spacial score (nSPS) is 14.5. The lowest BCUT2D eigenvalue weighted by Crippen LogP contribution is -2.13. The van der Waals surface area contributed by atoms with Gasteiger partial charge >= 0.3 is 0 Å². The van der Waals surface area contributed by atoms with Crippen LogP contribution in [0, 0.1) is 0 Å². The molecular weight excluding hydrogens is 426 g/mol. The predicted octanol–water partition coefficient (Wildman–Crippen LogP) is 5.95. The summed E-state index contributed by atoms with van der Waals surface area (Å²) in [6, 6.07) is 23.1. The largest absolute Gasteiger partial charge is 0.321 e. The second-order valence-electron chi connectivity index (χ2n) is 7.74. The van der Waals surface area contributed by atoms with Crippen LogP contribution >= 0.6 is 11.8 Å². The van der Waals surface area contributed by atoms with Crippen LogP contribution in [0.15, 0.2) is 88.7 Å². The third-order valence-corrected chi connectivity index (χ3v) is 8.52. The van der Waals surface area contributed by atoms with Crippen molar-refractivity contribution in [3.8, 4) is 0 Å². The molecule has 4 nitrogen and oxygen atoms in total. The highest BCUT2D eigenvalue weighted by Gasteiger charge is 2.19. The van der Waals surface area contributed by atoms with Crippen LogP contribution in [-0.2, 0) is 15.6 Å². The number of thioether (sulfide) groups is 1. The Labute approximate surface area is 188 Å². The SMILES string of the molecule is O=C(Nc1ccccc1SC1CCCC1)c1ccc(CS(=O)(=O)c2ccccc2)cc1. The zero-order valence-electron chi connectivity index (χ0n) is 17.2. The van der Waals surface area contributed by atoms with Gasteiger partial charge in [0.15, 0.2) is 9.84 Å². The van der Waals surface area contributed by atoms with E-state index in [-0.39, 0.29) is 11.7 Å². The lowest BCUT2D eigenvalue weighted by molar-refractivity contribution is 0.102. The summed E-state index contributed by atoms with van der Waals surface area (Å²) in [5, 5.41) is 3.63. The zero-order chi connectivity index (χ0) is 21.7. The molecule has 0 saturated heterocycles. The highest BCUT2D eigenvalue weighted by Crippen LogP contribution is 2.38. The Bertz CT molecular complexity index is 1140. The van der Waals surface area contributed by atoms with Crippen LogP contribution in [0.1, 0.15) is 41.6 Å². The first-order valence-electron chi connectivity index (χ1n) is 10.4. The molecule has 31 heavy (non-hydrogen) atoms. The van der Waals surface area contributed by atoms with Crippen molar-refractivity contribution in [3.05, 3.63) is 90.0 Å². The number of carbonyl (C=O) groups is 1. The smallest absolute Gasteiger partial charge is 0.255 e. The fraction of sp³-hybridized carbons (Fsp3) is 0.240. The molecule has 0 aliphatic heterocycles. The van der Waals surface area contributed by atoms with E-state index in [4.69, 9.17) is 0 Å². The van der Waals surface area contributed by atoms with Crippen LogP contribution in [0.3, 0.4) is 0 Å². The van der Waals surface area contributed by atoms with E-state index in [9.17, 15) is 13.2 Å². The minimum atomic E-state index is -3.42. The summed E-state index contributed by atoms with van der Waals surface area (Å²) in [7, 11) is -3.42. The van der Waals surface area contributed by atoms with Gasteiger partial charge in [0.25, 0.3) is 5.91 Å². The zero-order valence-corrected chi connectivity index (χ0v) is 18.8. The monoisotopic (exact) mass is 451 g/mol. The van der Waals surface area contributed by atoms with Gasteiger partial charge < -0.3 is 5.32 Å². The number of hydrogen-bond donors (Lipinski definition) is 1. The van der Waals surface area contributed by atoms with Crippen LogP contribution in [0.5, 0.6) is 0 Å². The van der Waals surface area contributed by atoms with Gasteiger partial charge in [0.2, 0.25) is 0 Å². The summed E-state index contributed by atoms with van der Waals surface area (Å²) >= 11 is 1.84. The molecule has 0 aromatic heterocycles. The minimum Gasteiger partial charge on any atom is -0.321 e. The van der Waals surface area contributed by atoms with Crippen molar-refractivity contribution in [1.29, 1.82) is 0 Å². The molecule has 3 aromatic rings. The lowest BCUT2D eigenvalue weighted by Gasteiger charge is -2.14. The number of anilines is 1. The van der Waals surface area contributed by atoms with Gasteiger partial charge in [-0.2, -0.15) is 0 Å². The third-order valence-electron chi connectivity index (χ3n) is 5.41. The number of carbonyl (C=O) groups excluding carboxylic acids is 1. The highest BCUT2D eigenvalue weighted by atomic mass is 32.2. The molecular formula is C25H25NO3S2. The van der Waals surface area contributed by atoms with E-state index < -0.39 is 9.84 Å². The quantitative estimate of drug-likeness (QED) is 0.482. The standard InChI is InChI=1S/C25H25NO3S2/c27-25(26-23-12-6-7-13-24(23)30-21-8-4-5-9-21)20-16-14-19(15-17-20)18-31(28,29)22-10-2-1-3-11-22/h1-3,6-7,10-17,21H,4-5,8-9,18H2,(H,26,27). The molecule has 6 heteroatoms. The first-order chi connectivity index (χ1) is 15.0. The fourth-order valence-corrected chi connectivity index (χ4v) is 6.44. The average Bonchev–Trinajstić information content (AvgIpc) is 3.29. The first kappa shape index (κ1) is 21.7. The number of sulfone groups is 1. The van der Waals surface area contributed by atoms with E-state index in [1.807, 2.05) is 30.0 Å². The Morgan fingerprint density at radius 2 is 1.52 bits per heavy atom. The molecule has 4 rings (SSSR count). The summed E-state index contributed by atoms with van der Waals surface area (Å²) < 4.78 is 25.1. The van der Waals surface area contributed by atoms with Crippen LogP contribution < -0.4 is 5.32 Å². The molecule has 160 valence electrons. The third kappa shape index (κ3) is 5.57. The van der Waals surface area contributed by atoms with Gasteiger partial charge in [-0.25, -0.2) is 8.42 Å². The van der Waals surface area contributed by atoms with Crippen molar-refractivity contribution < 1.29 is 13.2 Å². The van der Waals surface area contributed by atoms with Crippen LogP contribution in [0.4, 0.5) is 5.69 Å². The van der Waals surface area contributed by atoms with E-state index in [1.54, 1.807) is 54.6 Å². The highest BCUT2D eigenvalue weighted by molar-refractivity contribution is 8.00. The number of rotatable bonds is 7. The maximum Gasteiger partial charge on any atom is 0.255 e. The number of nitrogens with one attached hydrogen (secondary N) is 1. The molecule has 0 atom stereocenters. The molecule has 1 aliphatic carbocycles. The van der Waals surface area contributed by atoms with Gasteiger partial charge in [0.1, 0.15) is 0 Å². The maximum atomic E-state index is 12.8. The van der Waals surface area contributed by atoms with Crippen molar-refractivity contribution in [3.63, 3.8) is 0 Å². The molecule has 1 aliphatic rings. The number of para-hydroxylation sites is 1. The molecule has 1 saturated carbocycles. The molecule has 0 bridgehead atoms. The van der Waals surface area contributed by atoms with Crippen LogP contribution in [0.25, 0.3) is 0 Å². The maximum absolute atomic E-state index is 12.8. The molecule has 1 fully saturated rings. The number of benzene rings is 3. The second-order valence-corrected chi connectivity index (χ2v) is 11.1. The minimum absolute atomic E-state index is 0.0974. The van der Waals surface area contributed by atoms with Crippen molar-refractivity contribution in [2.24, 2.45) is 0 Å². The van der Waals surface area contributed by atoms with E-state index >= 15 is 0 Å². The lowest BCUT2D eigenvalue weighted by atomic mass is 10.1. The van der Waals surface area contributed by atoms with E-state index in [2.05, 4.69) is 11.4 Å². The van der Waals surface area contributed by atoms with Gasteiger partial charge in [-0.15, -0.1) is 11.8 Å². The van der Waals surface area contributed by atoms with E-state index in [1.165, 1.54) is 25.7 Å². The van der Waals surface area contributed by atoms with Crippen molar-refractivity contribution in [2.45, 2.75) is 46.5 Å². The first-order valence-corrected chi connectivity index (χ1v) is 13.0. The Morgan fingerprint density at radius 1 is 0.871 bits per heavy atom. The molecule has 0 spiro atoms. The molecule has 0 unspecified atom stereocenters. The summed E-state index contributed by atoms with van der Waals surface area (Å²) in [5.41, 5.74) is 1.97. The molecule has 1 N–H and O–H groups in total. The van der Waals surface area contributed by atoms with Gasteiger partial charge in [-0.1, -0.05) is 55.3 Å². The van der Waals surface area contributed by atoms with Gasteiger partial charge in [-0.05, 0) is 54.8 Å². The Hall–Kier alpha value is -2.57. The van der Waals surface area contributed by atoms with Gasteiger partial charge in [-0.3, -0.25) is 4.79 Å². The average molecular weight is 452 g/mol. The molecule has 0 heterocycles. The van der Waals surface area contributed by atoms with Crippen molar-refractivity contribution >= 4 is 33.2 Å². The van der Waals surface area contributed by atoms with Gasteiger partial charge in [0, 0.05) is 15.7 Å². The summed E-state index contributed by atoms with van der Waals surface area (Å²) in [6.45, 7) is 0. The summed E-state index contributed by atoms with van der Waals surface area (Å²) in [4.78, 5) is 14.2. The fourth-order valence-electron chi connectivity index (χ4n) is 3.74. The second kappa shape index (κ2) is 9.71. The Morgan fingerprint density at radius 3 is 2.23 bits per heavy atom.